The highest BCUT2D eigenvalue weighted by Crippen LogP contribution is 2.21. The van der Waals surface area contributed by atoms with E-state index in [1.165, 1.54) is 24.3 Å². The number of halogens is 2. The van der Waals surface area contributed by atoms with Gasteiger partial charge >= 0.3 is 0 Å². The lowest BCUT2D eigenvalue weighted by Crippen LogP contribution is -2.48. The van der Waals surface area contributed by atoms with Crippen LogP contribution in [0.15, 0.2) is 41.2 Å². The lowest BCUT2D eigenvalue weighted by atomic mass is 10.0. The molecule has 6 nitrogen and oxygen atoms in total. The molecule has 1 saturated heterocycles. The van der Waals surface area contributed by atoms with Crippen LogP contribution >= 0.6 is 0 Å². The molecule has 0 atom stereocenters. The van der Waals surface area contributed by atoms with E-state index in [4.69, 9.17) is 5.26 Å². The van der Waals surface area contributed by atoms with Crippen LogP contribution in [0.3, 0.4) is 0 Å². The van der Waals surface area contributed by atoms with E-state index >= 15 is 0 Å². The van der Waals surface area contributed by atoms with Gasteiger partial charge in [0.15, 0.2) is 0 Å². The predicted octanol–water partition coefficient (Wildman–Crippen LogP) is 3.27. The second-order valence-electron chi connectivity index (χ2n) is 7.99. The average molecular weight is 436 g/mol. The molecule has 8 heteroatoms. The van der Waals surface area contributed by atoms with Crippen molar-refractivity contribution in [3.8, 4) is 6.07 Å². The quantitative estimate of drug-likeness (QED) is 0.681. The summed E-state index contributed by atoms with van der Waals surface area (Å²) in [5.74, 6) is -0.942. The first-order chi connectivity index (χ1) is 15.3. The zero-order chi connectivity index (χ0) is 22.8. The van der Waals surface area contributed by atoms with Gasteiger partial charge in [0, 0.05) is 44.0 Å². The topological polar surface area (TPSA) is 80.2 Å². The van der Waals surface area contributed by atoms with E-state index in [-0.39, 0.29) is 23.5 Å². The number of nitrogens with one attached hydrogen (secondary N) is 1. The maximum absolute atomic E-state index is 13.7. The van der Waals surface area contributed by atoms with Crippen molar-refractivity contribution in [3.05, 3.63) is 75.2 Å². The van der Waals surface area contributed by atoms with Gasteiger partial charge in [-0.3, -0.25) is 9.59 Å². The number of fused-ring (bicyclic) bond motifs is 1. The average Bonchev–Trinajstić information content (AvgIpc) is 2.78. The van der Waals surface area contributed by atoms with Gasteiger partial charge in [0.05, 0.1) is 17.0 Å². The molecule has 0 aliphatic carbocycles. The first-order valence-corrected chi connectivity index (χ1v) is 10.4. The highest BCUT2D eigenvalue weighted by atomic mass is 19.1. The number of carbonyl (C=O) groups excluding carboxylic acids is 1. The molecule has 1 aliphatic rings. The lowest BCUT2D eigenvalue weighted by Gasteiger charge is -2.36. The molecule has 164 valence electrons. The number of aromatic amines is 1. The monoisotopic (exact) mass is 436 g/mol. The fourth-order valence-corrected chi connectivity index (χ4v) is 4.13. The molecular formula is C24H22F2N4O2. The summed E-state index contributed by atoms with van der Waals surface area (Å²) < 4.78 is 27.3. The summed E-state index contributed by atoms with van der Waals surface area (Å²) in [6, 6.07) is 10.6. The van der Waals surface area contributed by atoms with Crippen molar-refractivity contribution in [2.75, 3.05) is 31.1 Å². The normalized spacial score (nSPS) is 13.9. The van der Waals surface area contributed by atoms with Crippen molar-refractivity contribution in [3.63, 3.8) is 0 Å². The van der Waals surface area contributed by atoms with Crippen molar-refractivity contribution in [1.82, 2.24) is 9.88 Å². The van der Waals surface area contributed by atoms with Crippen LogP contribution in [0.25, 0.3) is 10.8 Å². The van der Waals surface area contributed by atoms with Crippen LogP contribution in [0.5, 0.6) is 0 Å². The Hall–Kier alpha value is -3.73. The minimum absolute atomic E-state index is 0.0293. The number of carbonyl (C=O) groups is 1. The summed E-state index contributed by atoms with van der Waals surface area (Å²) >= 11 is 0. The molecule has 1 N–H and O–H groups in total. The summed E-state index contributed by atoms with van der Waals surface area (Å²) in [5.41, 5.74) is 1.84. The van der Waals surface area contributed by atoms with Gasteiger partial charge in [-0.15, -0.1) is 0 Å². The van der Waals surface area contributed by atoms with Gasteiger partial charge in [-0.2, -0.15) is 5.26 Å². The number of nitriles is 1. The predicted molar refractivity (Wildman–Crippen MR) is 117 cm³/mol. The number of benzene rings is 2. The molecule has 3 aromatic rings. The maximum Gasteiger partial charge on any atom is 0.256 e. The molecule has 32 heavy (non-hydrogen) atoms. The first kappa shape index (κ1) is 21.5. The van der Waals surface area contributed by atoms with Crippen LogP contribution in [-0.2, 0) is 11.2 Å². The van der Waals surface area contributed by atoms with Crippen LogP contribution in [-0.4, -0.2) is 42.0 Å². The fraction of sp³-hybridized carbons (Fsp3) is 0.292. The molecule has 0 spiro atoms. The number of H-pyrrole nitrogens is 1. The second-order valence-corrected chi connectivity index (χ2v) is 7.99. The summed E-state index contributed by atoms with van der Waals surface area (Å²) in [5, 5.41) is 10.0. The van der Waals surface area contributed by atoms with Crippen LogP contribution in [0.2, 0.25) is 0 Å². The SMILES string of the molecule is Cc1cc(F)cc2c(=O)[nH]c(CCC(=O)N3CCN(c4cc(F)cc(C#N)c4)CC3)cc12. The smallest absolute Gasteiger partial charge is 0.256 e. The Labute approximate surface area is 183 Å². The Kier molecular flexibility index (Phi) is 5.91. The first-order valence-electron chi connectivity index (χ1n) is 10.4. The summed E-state index contributed by atoms with van der Waals surface area (Å²) in [6.45, 7) is 3.81. The molecule has 4 rings (SSSR count). The highest BCUT2D eigenvalue weighted by molar-refractivity contribution is 5.85. The highest BCUT2D eigenvalue weighted by Gasteiger charge is 2.22. The number of aryl methyl sites for hydroxylation is 2. The molecule has 2 heterocycles. The number of rotatable bonds is 4. The lowest BCUT2D eigenvalue weighted by molar-refractivity contribution is -0.131. The van der Waals surface area contributed by atoms with Gasteiger partial charge in [0.25, 0.3) is 5.56 Å². The molecule has 1 aromatic heterocycles. The summed E-state index contributed by atoms with van der Waals surface area (Å²) in [7, 11) is 0. The minimum Gasteiger partial charge on any atom is -0.368 e. The minimum atomic E-state index is -0.458. The number of hydrogen-bond acceptors (Lipinski definition) is 4. The number of hydrogen-bond donors (Lipinski definition) is 1. The van der Waals surface area contributed by atoms with Crippen molar-refractivity contribution >= 4 is 22.4 Å². The van der Waals surface area contributed by atoms with E-state index in [1.54, 1.807) is 24.0 Å². The van der Waals surface area contributed by atoms with Crippen molar-refractivity contribution < 1.29 is 13.6 Å². The Balaban J connectivity index is 1.38. The van der Waals surface area contributed by atoms with Gasteiger partial charge in [-0.25, -0.2) is 8.78 Å². The maximum atomic E-state index is 13.7. The van der Waals surface area contributed by atoms with E-state index in [1.807, 2.05) is 11.0 Å². The summed E-state index contributed by atoms with van der Waals surface area (Å²) in [6.07, 6.45) is 0.608. The molecule has 2 aromatic carbocycles. The van der Waals surface area contributed by atoms with Crippen LogP contribution in [0, 0.1) is 29.9 Å². The molecule has 1 amide bonds. The Bertz CT molecular complexity index is 1290. The molecule has 0 radical (unpaired) electrons. The third kappa shape index (κ3) is 4.47. The van der Waals surface area contributed by atoms with Gasteiger partial charge in [-0.05, 0) is 60.7 Å². The number of nitrogens with zero attached hydrogens (tertiary/aromatic N) is 3. The Morgan fingerprint density at radius 1 is 1.03 bits per heavy atom. The van der Waals surface area contributed by atoms with Crippen molar-refractivity contribution in [1.29, 1.82) is 5.26 Å². The molecule has 0 bridgehead atoms. The number of pyridine rings is 1. The van der Waals surface area contributed by atoms with Crippen LogP contribution < -0.4 is 10.5 Å². The van der Waals surface area contributed by atoms with E-state index in [0.29, 0.717) is 60.3 Å². The number of aromatic nitrogens is 1. The van der Waals surface area contributed by atoms with E-state index in [2.05, 4.69) is 4.98 Å². The van der Waals surface area contributed by atoms with Crippen molar-refractivity contribution in [2.24, 2.45) is 0 Å². The second kappa shape index (κ2) is 8.79. The Morgan fingerprint density at radius 3 is 2.47 bits per heavy atom. The molecule has 0 saturated carbocycles. The van der Waals surface area contributed by atoms with Gasteiger partial charge < -0.3 is 14.8 Å². The standard InChI is InChI=1S/C24H22F2N4O2/c1-15-8-17(25)12-22-21(15)13-19(28-24(22)32)2-3-23(31)30-6-4-29(5-7-30)20-10-16(14-27)9-18(26)11-20/h8-13H,2-7H2,1H3,(H,28,32). The molecular weight excluding hydrogens is 414 g/mol. The Morgan fingerprint density at radius 2 is 1.75 bits per heavy atom. The number of amides is 1. The zero-order valence-corrected chi connectivity index (χ0v) is 17.6. The molecule has 1 fully saturated rings. The van der Waals surface area contributed by atoms with Gasteiger partial charge in [0.2, 0.25) is 5.91 Å². The fourth-order valence-electron chi connectivity index (χ4n) is 4.13. The van der Waals surface area contributed by atoms with Gasteiger partial charge in [-0.1, -0.05) is 0 Å². The van der Waals surface area contributed by atoms with Crippen molar-refractivity contribution in [2.45, 2.75) is 19.8 Å². The third-order valence-electron chi connectivity index (χ3n) is 5.81. The zero-order valence-electron chi connectivity index (χ0n) is 17.6. The third-order valence-corrected chi connectivity index (χ3v) is 5.81. The van der Waals surface area contributed by atoms with E-state index < -0.39 is 11.6 Å². The van der Waals surface area contributed by atoms with Gasteiger partial charge in [0.1, 0.15) is 11.6 Å². The number of piperazine rings is 1. The van der Waals surface area contributed by atoms with Crippen LogP contribution in [0.4, 0.5) is 14.5 Å². The van der Waals surface area contributed by atoms with E-state index in [0.717, 1.165) is 0 Å². The molecule has 0 unspecified atom stereocenters. The largest absolute Gasteiger partial charge is 0.368 e. The van der Waals surface area contributed by atoms with Crippen LogP contribution in [0.1, 0.15) is 23.2 Å². The number of anilines is 1. The molecule has 1 aliphatic heterocycles. The van der Waals surface area contributed by atoms with E-state index in [9.17, 15) is 18.4 Å². The summed E-state index contributed by atoms with van der Waals surface area (Å²) in [4.78, 5) is 31.5.